The second-order valence-electron chi connectivity index (χ2n) is 14.2. The maximum atomic E-state index is 7.37. The van der Waals surface area contributed by atoms with Crippen LogP contribution in [0.2, 0.25) is 24.2 Å². The molecule has 0 aliphatic carbocycles. The lowest BCUT2D eigenvalue weighted by atomic mass is 10.3. The third kappa shape index (κ3) is 13.0. The van der Waals surface area contributed by atoms with Crippen LogP contribution in [-0.2, 0) is 34.2 Å². The van der Waals surface area contributed by atoms with Gasteiger partial charge in [0.15, 0.2) is 0 Å². The molecule has 40 heavy (non-hydrogen) atoms. The van der Waals surface area contributed by atoms with E-state index in [0.29, 0.717) is 24.2 Å². The number of rotatable bonds is 16. The van der Waals surface area contributed by atoms with Gasteiger partial charge in [-0.15, -0.1) is 0 Å². The van der Waals surface area contributed by atoms with Gasteiger partial charge in [0.05, 0.1) is 0 Å². The Bertz CT molecular complexity index is 555. The van der Waals surface area contributed by atoms with Crippen LogP contribution in [0.5, 0.6) is 0 Å². The predicted molar refractivity (Wildman–Crippen MR) is 171 cm³/mol. The first-order valence-corrected chi connectivity index (χ1v) is 23.4. The van der Waals surface area contributed by atoms with Crippen LogP contribution in [0.3, 0.4) is 0 Å². The summed E-state index contributed by atoms with van der Waals surface area (Å²) in [4.78, 5) is 0. The highest BCUT2D eigenvalue weighted by atomic mass is 28.6. The molecule has 0 radical (unpaired) electrons. The van der Waals surface area contributed by atoms with Crippen molar-refractivity contribution in [3.8, 4) is 0 Å². The fourth-order valence-electron chi connectivity index (χ4n) is 5.19. The Hall–Kier alpha value is 0.548. The Labute approximate surface area is 251 Å². The molecule has 1 aliphatic heterocycles. The van der Waals surface area contributed by atoms with E-state index in [1.54, 1.807) is 0 Å². The molecule has 0 aromatic carbocycles. The van der Waals surface area contributed by atoms with Crippen LogP contribution in [0, 0.1) is 23.7 Å². The van der Waals surface area contributed by atoms with Crippen molar-refractivity contribution in [2.45, 2.75) is 159 Å². The van der Waals surface area contributed by atoms with E-state index in [1.807, 2.05) is 55.4 Å². The van der Waals surface area contributed by atoms with E-state index in [-0.39, 0.29) is 48.1 Å². The van der Waals surface area contributed by atoms with Crippen LogP contribution in [0.4, 0.5) is 0 Å². The van der Waals surface area contributed by atoms with Crippen molar-refractivity contribution in [2.75, 3.05) is 0 Å². The fourth-order valence-corrected chi connectivity index (χ4v) is 26.4. The molecule has 0 aromatic rings. The van der Waals surface area contributed by atoms with Crippen molar-refractivity contribution in [1.82, 2.24) is 0 Å². The first-order chi connectivity index (χ1) is 18.2. The third-order valence-corrected chi connectivity index (χ3v) is 24.1. The smallest absolute Gasteiger partial charge is 0.372 e. The summed E-state index contributed by atoms with van der Waals surface area (Å²) in [6.45, 7) is 33.7. The van der Waals surface area contributed by atoms with Gasteiger partial charge in [-0.1, -0.05) is 55.4 Å². The normalized spacial score (nSPS) is 30.6. The van der Waals surface area contributed by atoms with Crippen molar-refractivity contribution in [3.63, 3.8) is 0 Å². The van der Waals surface area contributed by atoms with Gasteiger partial charge in [-0.25, -0.2) is 0 Å². The van der Waals surface area contributed by atoms with Gasteiger partial charge in [-0.2, -0.15) is 0 Å². The molecule has 240 valence electrons. The molecule has 1 rings (SSSR count). The molecule has 0 bridgehead atoms. The molecular weight excluding hydrogens is 577 g/mol. The Balaban J connectivity index is 4.16. The quantitative estimate of drug-likeness (QED) is 0.157. The SMILES string of the molecule is CC(C)C[Si]1(OC(C)C)O[Si](CC(C)C)(OC(C)C)O[Si](CC(C)C)(OC(C)C)O[Si](CC(C)C)(OC(C)C)O1. The molecule has 0 spiro atoms. The highest BCUT2D eigenvalue weighted by Gasteiger charge is 2.69. The average Bonchev–Trinajstić information content (AvgIpc) is 2.60. The maximum absolute atomic E-state index is 7.37. The van der Waals surface area contributed by atoms with Crippen molar-refractivity contribution in [1.29, 1.82) is 0 Å². The summed E-state index contributed by atoms with van der Waals surface area (Å²) in [6.07, 6.45) is -0.485. The van der Waals surface area contributed by atoms with E-state index >= 15 is 0 Å². The molecule has 1 fully saturated rings. The average molecular weight is 641 g/mol. The Kier molecular flexibility index (Phi) is 15.5. The summed E-state index contributed by atoms with van der Waals surface area (Å²) in [5.41, 5.74) is 0. The zero-order valence-corrected chi connectivity index (χ0v) is 32.7. The van der Waals surface area contributed by atoms with Crippen molar-refractivity contribution in [2.24, 2.45) is 23.7 Å². The zero-order valence-electron chi connectivity index (χ0n) is 28.7. The molecule has 0 atom stereocenters. The Morgan fingerprint density at radius 1 is 0.325 bits per heavy atom. The molecule has 1 saturated heterocycles. The van der Waals surface area contributed by atoms with Gasteiger partial charge in [0.1, 0.15) is 0 Å². The molecular formula is C28H64O8Si4. The van der Waals surface area contributed by atoms with E-state index in [1.165, 1.54) is 0 Å². The summed E-state index contributed by atoms with van der Waals surface area (Å²) in [7, 11) is -13.9. The van der Waals surface area contributed by atoms with Crippen LogP contribution in [0.1, 0.15) is 111 Å². The second-order valence-corrected chi connectivity index (χ2v) is 25.5. The molecule has 0 amide bonds. The Morgan fingerprint density at radius 3 is 0.575 bits per heavy atom. The standard InChI is InChI=1S/C28H64O8Si4/c1-21(2)17-37(29-25(9)10)33-38(18-22(3)4,30-26(11)12)35-40(20-24(7)8,32-28(15)16)36-39(34-37,19-23(5)6)31-27(13)14/h21-28H,17-20H2,1-16H3. The minimum atomic E-state index is -3.48. The molecule has 1 heterocycles. The first kappa shape index (κ1) is 38.6. The largest absolute Gasteiger partial charge is 0.486 e. The summed E-state index contributed by atoms with van der Waals surface area (Å²) >= 11 is 0. The molecule has 8 nitrogen and oxygen atoms in total. The minimum absolute atomic E-state index is 0.121. The monoisotopic (exact) mass is 640 g/mol. The molecule has 0 aromatic heterocycles. The molecule has 0 N–H and O–H groups in total. The predicted octanol–water partition coefficient (Wildman–Crippen LogP) is 8.15. The van der Waals surface area contributed by atoms with E-state index in [9.17, 15) is 0 Å². The van der Waals surface area contributed by atoms with Gasteiger partial charge >= 0.3 is 35.2 Å². The lowest BCUT2D eigenvalue weighted by Gasteiger charge is -2.52. The van der Waals surface area contributed by atoms with Gasteiger partial charge in [0, 0.05) is 48.6 Å². The molecule has 0 unspecified atom stereocenters. The topological polar surface area (TPSA) is 73.8 Å². The number of hydrogen-bond donors (Lipinski definition) is 0. The molecule has 1 aliphatic rings. The van der Waals surface area contributed by atoms with Crippen LogP contribution in [0.25, 0.3) is 0 Å². The highest BCUT2D eigenvalue weighted by Crippen LogP contribution is 2.43. The van der Waals surface area contributed by atoms with Gasteiger partial charge in [-0.05, 0) is 79.1 Å². The lowest BCUT2D eigenvalue weighted by molar-refractivity contribution is -0.0158. The molecule has 12 heteroatoms. The first-order valence-electron chi connectivity index (χ1n) is 15.7. The van der Waals surface area contributed by atoms with Crippen LogP contribution < -0.4 is 0 Å². The second kappa shape index (κ2) is 16.0. The minimum Gasteiger partial charge on any atom is -0.372 e. The lowest BCUT2D eigenvalue weighted by Crippen LogP contribution is -2.74. The van der Waals surface area contributed by atoms with Gasteiger partial charge in [0.2, 0.25) is 0 Å². The van der Waals surface area contributed by atoms with E-state index in [4.69, 9.17) is 34.2 Å². The van der Waals surface area contributed by atoms with Crippen molar-refractivity contribution < 1.29 is 34.2 Å². The molecule has 0 saturated carbocycles. The summed E-state index contributed by atoms with van der Waals surface area (Å²) in [5, 5.41) is 0. The van der Waals surface area contributed by atoms with Crippen LogP contribution in [0.15, 0.2) is 0 Å². The van der Waals surface area contributed by atoms with Gasteiger partial charge in [-0.3, -0.25) is 0 Å². The number of hydrogen-bond acceptors (Lipinski definition) is 8. The van der Waals surface area contributed by atoms with Crippen molar-refractivity contribution >= 4 is 35.2 Å². The Morgan fingerprint density at radius 2 is 0.475 bits per heavy atom. The fraction of sp³-hybridized carbons (Fsp3) is 1.00. The van der Waals surface area contributed by atoms with E-state index < -0.39 is 35.2 Å². The van der Waals surface area contributed by atoms with Crippen molar-refractivity contribution in [3.05, 3.63) is 0 Å². The summed E-state index contributed by atoms with van der Waals surface area (Å²) < 4.78 is 56.7. The van der Waals surface area contributed by atoms with Crippen LogP contribution in [-0.4, -0.2) is 59.6 Å². The van der Waals surface area contributed by atoms with E-state index in [0.717, 1.165) is 0 Å². The zero-order chi connectivity index (χ0) is 31.1. The third-order valence-electron chi connectivity index (χ3n) is 5.54. The van der Waals surface area contributed by atoms with Crippen LogP contribution >= 0.6 is 0 Å². The van der Waals surface area contributed by atoms with Gasteiger partial charge in [0.25, 0.3) is 0 Å². The summed E-state index contributed by atoms with van der Waals surface area (Å²) in [6, 6.07) is 2.46. The summed E-state index contributed by atoms with van der Waals surface area (Å²) in [5.74, 6) is 1.01. The maximum Gasteiger partial charge on any atom is 0.486 e. The van der Waals surface area contributed by atoms with E-state index in [2.05, 4.69) is 55.4 Å². The highest BCUT2D eigenvalue weighted by molar-refractivity contribution is 6.89. The van der Waals surface area contributed by atoms with Gasteiger partial charge < -0.3 is 34.2 Å².